The molecule has 0 unspecified atom stereocenters. The normalized spacial score (nSPS) is 19.4. The Bertz CT molecular complexity index is 451. The molecule has 1 fully saturated rings. The highest BCUT2D eigenvalue weighted by Gasteiger charge is 2.27. The molecule has 0 saturated carbocycles. The zero-order valence-electron chi connectivity index (χ0n) is 10.0. The van der Waals surface area contributed by atoms with Crippen LogP contribution in [0.1, 0.15) is 31.4 Å². The van der Waals surface area contributed by atoms with Gasteiger partial charge in [0, 0.05) is 30.9 Å². The number of hydrogen-bond acceptors (Lipinski definition) is 3. The summed E-state index contributed by atoms with van der Waals surface area (Å²) in [6.45, 7) is 2.94. The smallest absolute Gasteiger partial charge is 0.213 e. The van der Waals surface area contributed by atoms with Crippen LogP contribution in [0.2, 0.25) is 0 Å². The Hall–Kier alpha value is -0.940. The highest BCUT2D eigenvalue weighted by atomic mass is 32.2. The minimum atomic E-state index is -3.01. The monoisotopic (exact) mass is 254 g/mol. The van der Waals surface area contributed by atoms with E-state index in [0.717, 1.165) is 18.5 Å². The molecule has 0 atom stereocenters. The van der Waals surface area contributed by atoms with Gasteiger partial charge in [-0.15, -0.1) is 0 Å². The van der Waals surface area contributed by atoms with Crippen molar-refractivity contribution in [3.63, 3.8) is 0 Å². The lowest BCUT2D eigenvalue weighted by Crippen LogP contribution is -2.38. The summed E-state index contributed by atoms with van der Waals surface area (Å²) in [7, 11) is -3.01. The molecular weight excluding hydrogens is 236 g/mol. The number of aromatic nitrogens is 1. The van der Waals surface area contributed by atoms with Gasteiger partial charge in [0.15, 0.2) is 0 Å². The van der Waals surface area contributed by atoms with Gasteiger partial charge in [0.05, 0.1) is 5.75 Å². The largest absolute Gasteiger partial charge is 0.261 e. The third kappa shape index (κ3) is 2.84. The standard InChI is InChI=1S/C12H18N2O2S/c1-2-17(15,16)14-9-6-11(7-10-14)12-5-3-4-8-13-12/h3-5,8,11H,2,6-7,9-10H2,1H3. The fourth-order valence-electron chi connectivity index (χ4n) is 2.23. The number of nitrogens with zero attached hydrogens (tertiary/aromatic N) is 2. The SMILES string of the molecule is CCS(=O)(=O)N1CCC(c2ccccn2)CC1. The topological polar surface area (TPSA) is 50.3 Å². The number of hydrogen-bond donors (Lipinski definition) is 0. The highest BCUT2D eigenvalue weighted by Crippen LogP contribution is 2.27. The van der Waals surface area contributed by atoms with Gasteiger partial charge in [-0.3, -0.25) is 4.98 Å². The van der Waals surface area contributed by atoms with Gasteiger partial charge in [-0.2, -0.15) is 0 Å². The van der Waals surface area contributed by atoms with Gasteiger partial charge in [0.2, 0.25) is 10.0 Å². The first-order valence-electron chi connectivity index (χ1n) is 6.02. The van der Waals surface area contributed by atoms with Crippen molar-refractivity contribution in [1.82, 2.24) is 9.29 Å². The van der Waals surface area contributed by atoms with Gasteiger partial charge in [-0.05, 0) is 31.9 Å². The molecule has 0 N–H and O–H groups in total. The predicted molar refractivity (Wildman–Crippen MR) is 67.2 cm³/mol. The van der Waals surface area contributed by atoms with Crippen LogP contribution < -0.4 is 0 Å². The van der Waals surface area contributed by atoms with Crippen molar-refractivity contribution in [3.8, 4) is 0 Å². The summed E-state index contributed by atoms with van der Waals surface area (Å²) in [5, 5.41) is 0. The maximum absolute atomic E-state index is 11.7. The third-order valence-electron chi connectivity index (χ3n) is 3.32. The molecule has 0 aliphatic carbocycles. The number of pyridine rings is 1. The Morgan fingerprint density at radius 1 is 1.35 bits per heavy atom. The molecule has 1 aromatic rings. The van der Waals surface area contributed by atoms with E-state index in [1.165, 1.54) is 0 Å². The van der Waals surface area contributed by atoms with E-state index in [1.54, 1.807) is 17.4 Å². The molecule has 0 spiro atoms. The summed E-state index contributed by atoms with van der Waals surface area (Å²) in [4.78, 5) is 4.34. The zero-order valence-corrected chi connectivity index (χ0v) is 10.9. The average Bonchev–Trinajstić information content (AvgIpc) is 2.40. The van der Waals surface area contributed by atoms with Crippen LogP contribution in [-0.2, 0) is 10.0 Å². The van der Waals surface area contributed by atoms with E-state index < -0.39 is 10.0 Å². The summed E-state index contributed by atoms with van der Waals surface area (Å²) in [5.74, 6) is 0.598. The Morgan fingerprint density at radius 2 is 2.06 bits per heavy atom. The second-order valence-electron chi connectivity index (χ2n) is 4.33. The van der Waals surface area contributed by atoms with Crippen molar-refractivity contribution in [2.24, 2.45) is 0 Å². The fraction of sp³-hybridized carbons (Fsp3) is 0.583. The lowest BCUT2D eigenvalue weighted by molar-refractivity contribution is 0.317. The van der Waals surface area contributed by atoms with Crippen molar-refractivity contribution in [2.45, 2.75) is 25.7 Å². The number of piperidine rings is 1. The molecule has 0 aromatic carbocycles. The minimum Gasteiger partial charge on any atom is -0.261 e. The van der Waals surface area contributed by atoms with Crippen LogP contribution in [0.4, 0.5) is 0 Å². The van der Waals surface area contributed by atoms with Crippen LogP contribution in [0.15, 0.2) is 24.4 Å². The Labute approximate surface area is 103 Å². The quantitative estimate of drug-likeness (QED) is 0.823. The van der Waals surface area contributed by atoms with Crippen LogP contribution in [-0.4, -0.2) is 36.5 Å². The van der Waals surface area contributed by atoms with E-state index in [2.05, 4.69) is 4.98 Å². The molecular formula is C12H18N2O2S. The van der Waals surface area contributed by atoms with E-state index in [-0.39, 0.29) is 5.75 Å². The zero-order chi connectivity index (χ0) is 12.3. The van der Waals surface area contributed by atoms with Gasteiger partial charge in [-0.25, -0.2) is 12.7 Å². The summed E-state index contributed by atoms with van der Waals surface area (Å²) < 4.78 is 25.0. The number of rotatable bonds is 3. The maximum Gasteiger partial charge on any atom is 0.213 e. The van der Waals surface area contributed by atoms with Crippen LogP contribution in [0.3, 0.4) is 0 Å². The Balaban J connectivity index is 2.00. The van der Waals surface area contributed by atoms with E-state index >= 15 is 0 Å². The summed E-state index contributed by atoms with van der Waals surface area (Å²) >= 11 is 0. The fourth-order valence-corrected chi connectivity index (χ4v) is 3.36. The molecule has 4 nitrogen and oxygen atoms in total. The second kappa shape index (κ2) is 5.14. The maximum atomic E-state index is 11.7. The van der Waals surface area contributed by atoms with E-state index in [4.69, 9.17) is 0 Å². The van der Waals surface area contributed by atoms with Crippen molar-refractivity contribution in [2.75, 3.05) is 18.8 Å². The Kier molecular flexibility index (Phi) is 3.79. The van der Waals surface area contributed by atoms with Gasteiger partial charge in [-0.1, -0.05) is 6.07 Å². The first kappa shape index (κ1) is 12.5. The van der Waals surface area contributed by atoms with Crippen molar-refractivity contribution < 1.29 is 8.42 Å². The number of sulfonamides is 1. The van der Waals surface area contributed by atoms with Crippen LogP contribution in [0, 0.1) is 0 Å². The molecule has 0 bridgehead atoms. The molecule has 94 valence electrons. The van der Waals surface area contributed by atoms with Gasteiger partial charge in [0.1, 0.15) is 0 Å². The van der Waals surface area contributed by atoms with Crippen LogP contribution >= 0.6 is 0 Å². The molecule has 1 saturated heterocycles. The molecule has 5 heteroatoms. The van der Waals surface area contributed by atoms with Gasteiger partial charge in [0.25, 0.3) is 0 Å². The summed E-state index contributed by atoms with van der Waals surface area (Å²) in [6.07, 6.45) is 3.54. The highest BCUT2D eigenvalue weighted by molar-refractivity contribution is 7.89. The van der Waals surface area contributed by atoms with E-state index in [1.807, 2.05) is 18.2 Å². The van der Waals surface area contributed by atoms with E-state index in [0.29, 0.717) is 19.0 Å². The van der Waals surface area contributed by atoms with Crippen LogP contribution in [0.25, 0.3) is 0 Å². The van der Waals surface area contributed by atoms with E-state index in [9.17, 15) is 8.42 Å². The second-order valence-corrected chi connectivity index (χ2v) is 6.59. The molecule has 1 aliphatic heterocycles. The van der Waals surface area contributed by atoms with Crippen molar-refractivity contribution in [1.29, 1.82) is 0 Å². The van der Waals surface area contributed by atoms with Crippen molar-refractivity contribution >= 4 is 10.0 Å². The minimum absolute atomic E-state index is 0.196. The predicted octanol–water partition coefficient (Wildman–Crippen LogP) is 1.61. The lowest BCUT2D eigenvalue weighted by atomic mass is 9.94. The molecule has 2 heterocycles. The molecule has 1 aliphatic rings. The molecule has 17 heavy (non-hydrogen) atoms. The first-order valence-corrected chi connectivity index (χ1v) is 7.63. The molecule has 2 rings (SSSR count). The van der Waals surface area contributed by atoms with Crippen LogP contribution in [0.5, 0.6) is 0 Å². The average molecular weight is 254 g/mol. The lowest BCUT2D eigenvalue weighted by Gasteiger charge is -2.30. The molecule has 0 amide bonds. The molecule has 1 aromatic heterocycles. The van der Waals surface area contributed by atoms with Crippen molar-refractivity contribution in [3.05, 3.63) is 30.1 Å². The van der Waals surface area contributed by atoms with Gasteiger partial charge >= 0.3 is 0 Å². The molecule has 0 radical (unpaired) electrons. The van der Waals surface area contributed by atoms with Gasteiger partial charge < -0.3 is 0 Å². The Morgan fingerprint density at radius 3 is 2.59 bits per heavy atom. The third-order valence-corrected chi connectivity index (χ3v) is 5.20. The summed E-state index contributed by atoms with van der Waals surface area (Å²) in [6, 6.07) is 5.91. The first-order chi connectivity index (χ1) is 8.13. The summed E-state index contributed by atoms with van der Waals surface area (Å²) in [5.41, 5.74) is 1.08.